The molecule has 0 radical (unpaired) electrons. The molecular weight excluding hydrogens is 308 g/mol. The summed E-state index contributed by atoms with van der Waals surface area (Å²) in [6.45, 7) is 4.13. The lowest BCUT2D eigenvalue weighted by molar-refractivity contribution is 0.504. The highest BCUT2D eigenvalue weighted by Gasteiger charge is 2.19. The van der Waals surface area contributed by atoms with Gasteiger partial charge in [0.05, 0.1) is 28.8 Å². The number of hydrogen-bond donors (Lipinski definition) is 2. The van der Waals surface area contributed by atoms with Crippen LogP contribution in [0.2, 0.25) is 0 Å². The fourth-order valence-corrected chi connectivity index (χ4v) is 3.29. The molecule has 0 amide bonds. The summed E-state index contributed by atoms with van der Waals surface area (Å²) < 4.78 is 0. The van der Waals surface area contributed by atoms with Crippen molar-refractivity contribution in [1.29, 1.82) is 0 Å². The van der Waals surface area contributed by atoms with Crippen molar-refractivity contribution in [2.45, 2.75) is 32.7 Å². The first-order valence-corrected chi connectivity index (χ1v) is 8.71. The summed E-state index contributed by atoms with van der Waals surface area (Å²) in [5, 5.41) is 4.63. The maximum atomic E-state index is 4.63. The number of aryl methyl sites for hydroxylation is 2. The van der Waals surface area contributed by atoms with Gasteiger partial charge in [0.2, 0.25) is 0 Å². The number of hydrogen-bond acceptors (Lipinski definition) is 3. The van der Waals surface area contributed by atoms with E-state index in [0.29, 0.717) is 0 Å². The second-order valence-electron chi connectivity index (χ2n) is 6.64. The predicted octanol–water partition coefficient (Wildman–Crippen LogP) is 4.52. The number of aromatic amines is 1. The van der Waals surface area contributed by atoms with Crippen LogP contribution in [0.5, 0.6) is 0 Å². The van der Waals surface area contributed by atoms with Gasteiger partial charge in [0.25, 0.3) is 0 Å². The SMILES string of the molecule is Cc1cccc(C2CCC(c3ccc(-c4cccc(C)n4)[nH]3)=NN2)c1. The topological polar surface area (TPSA) is 53.1 Å². The molecule has 0 spiro atoms. The minimum Gasteiger partial charge on any atom is -0.352 e. The van der Waals surface area contributed by atoms with E-state index in [1.54, 1.807) is 0 Å². The Labute approximate surface area is 148 Å². The van der Waals surface area contributed by atoms with E-state index in [2.05, 4.69) is 63.8 Å². The standard InChI is InChI=1S/C21H22N4/c1-14-5-3-7-16(13-14)17-9-12-21(25-24-17)20-11-10-19(23-20)18-8-4-6-15(2)22-18/h3-8,10-11,13,17,23-24H,9,12H2,1-2H3. The highest BCUT2D eigenvalue weighted by atomic mass is 15.3. The van der Waals surface area contributed by atoms with Gasteiger partial charge in [0.15, 0.2) is 0 Å². The molecule has 1 atom stereocenters. The maximum absolute atomic E-state index is 4.63. The minimum absolute atomic E-state index is 0.288. The Morgan fingerprint density at radius 3 is 2.56 bits per heavy atom. The normalized spacial score (nSPS) is 17.0. The molecule has 0 saturated heterocycles. The summed E-state index contributed by atoms with van der Waals surface area (Å²) in [5.41, 5.74) is 11.1. The van der Waals surface area contributed by atoms with Gasteiger partial charge in [0, 0.05) is 5.69 Å². The van der Waals surface area contributed by atoms with Crippen LogP contribution in [-0.4, -0.2) is 15.7 Å². The van der Waals surface area contributed by atoms with E-state index in [-0.39, 0.29) is 6.04 Å². The first kappa shape index (κ1) is 15.6. The van der Waals surface area contributed by atoms with Crippen molar-refractivity contribution < 1.29 is 0 Å². The van der Waals surface area contributed by atoms with Gasteiger partial charge in [-0.2, -0.15) is 5.10 Å². The molecule has 1 aliphatic rings. The van der Waals surface area contributed by atoms with Crippen molar-refractivity contribution in [2.24, 2.45) is 5.10 Å². The van der Waals surface area contributed by atoms with Crippen molar-refractivity contribution in [3.05, 3.63) is 77.1 Å². The van der Waals surface area contributed by atoms with Gasteiger partial charge in [-0.3, -0.25) is 4.98 Å². The molecule has 25 heavy (non-hydrogen) atoms. The molecule has 1 unspecified atom stereocenters. The molecule has 2 N–H and O–H groups in total. The van der Waals surface area contributed by atoms with Crippen LogP contribution in [0.15, 0.2) is 59.7 Å². The Morgan fingerprint density at radius 1 is 0.960 bits per heavy atom. The van der Waals surface area contributed by atoms with Gasteiger partial charge in [0.1, 0.15) is 0 Å². The van der Waals surface area contributed by atoms with E-state index in [4.69, 9.17) is 0 Å². The molecule has 2 aromatic heterocycles. The molecule has 0 fully saturated rings. The molecule has 0 saturated carbocycles. The lowest BCUT2D eigenvalue weighted by atomic mass is 9.97. The molecule has 0 bridgehead atoms. The van der Waals surface area contributed by atoms with Gasteiger partial charge < -0.3 is 10.4 Å². The van der Waals surface area contributed by atoms with Crippen molar-refractivity contribution in [3.8, 4) is 11.4 Å². The van der Waals surface area contributed by atoms with Crippen LogP contribution in [0.1, 0.15) is 41.4 Å². The Hall–Kier alpha value is -2.88. The molecule has 1 aromatic carbocycles. The maximum Gasteiger partial charge on any atom is 0.0867 e. The van der Waals surface area contributed by atoms with E-state index >= 15 is 0 Å². The van der Waals surface area contributed by atoms with Crippen LogP contribution in [-0.2, 0) is 0 Å². The van der Waals surface area contributed by atoms with Gasteiger partial charge in [-0.1, -0.05) is 35.9 Å². The molecule has 3 aromatic rings. The van der Waals surface area contributed by atoms with Crippen LogP contribution < -0.4 is 5.43 Å². The molecule has 1 aliphatic heterocycles. The number of hydrazone groups is 1. The third-order valence-corrected chi connectivity index (χ3v) is 4.63. The lowest BCUT2D eigenvalue weighted by Gasteiger charge is -2.23. The number of rotatable bonds is 3. The Morgan fingerprint density at radius 2 is 1.80 bits per heavy atom. The molecule has 0 aliphatic carbocycles. The van der Waals surface area contributed by atoms with Crippen molar-refractivity contribution in [2.75, 3.05) is 0 Å². The average Bonchev–Trinajstić information content (AvgIpc) is 3.12. The van der Waals surface area contributed by atoms with Gasteiger partial charge in [-0.25, -0.2) is 0 Å². The van der Waals surface area contributed by atoms with Crippen molar-refractivity contribution in [3.63, 3.8) is 0 Å². The van der Waals surface area contributed by atoms with E-state index in [9.17, 15) is 0 Å². The zero-order valence-electron chi connectivity index (χ0n) is 14.6. The van der Waals surface area contributed by atoms with E-state index in [1.807, 2.05) is 25.1 Å². The fraction of sp³-hybridized carbons (Fsp3) is 0.238. The molecule has 4 nitrogen and oxygen atoms in total. The second-order valence-corrected chi connectivity index (χ2v) is 6.64. The zero-order chi connectivity index (χ0) is 17.2. The molecule has 126 valence electrons. The Kier molecular flexibility index (Phi) is 4.10. The molecule has 3 heterocycles. The fourth-order valence-electron chi connectivity index (χ4n) is 3.29. The smallest absolute Gasteiger partial charge is 0.0867 e. The van der Waals surface area contributed by atoms with Gasteiger partial charge >= 0.3 is 0 Å². The number of benzene rings is 1. The number of pyridine rings is 1. The quantitative estimate of drug-likeness (QED) is 0.742. The first-order chi connectivity index (χ1) is 12.2. The molecule has 4 rings (SSSR count). The van der Waals surface area contributed by atoms with Crippen molar-refractivity contribution in [1.82, 2.24) is 15.4 Å². The van der Waals surface area contributed by atoms with Gasteiger partial charge in [-0.15, -0.1) is 0 Å². The first-order valence-electron chi connectivity index (χ1n) is 8.71. The number of H-pyrrole nitrogens is 1. The second kappa shape index (κ2) is 6.55. The van der Waals surface area contributed by atoms with Crippen molar-refractivity contribution >= 4 is 5.71 Å². The monoisotopic (exact) mass is 330 g/mol. The van der Waals surface area contributed by atoms with E-state index in [0.717, 1.165) is 41.3 Å². The number of aromatic nitrogens is 2. The summed E-state index contributed by atoms with van der Waals surface area (Å²) in [6, 6.07) is 19.2. The summed E-state index contributed by atoms with van der Waals surface area (Å²) in [7, 11) is 0. The summed E-state index contributed by atoms with van der Waals surface area (Å²) in [4.78, 5) is 8.03. The zero-order valence-corrected chi connectivity index (χ0v) is 14.6. The Bertz CT molecular complexity index is 923. The lowest BCUT2D eigenvalue weighted by Crippen LogP contribution is -2.24. The van der Waals surface area contributed by atoms with E-state index < -0.39 is 0 Å². The summed E-state index contributed by atoms with van der Waals surface area (Å²) in [5.74, 6) is 0. The predicted molar refractivity (Wildman–Crippen MR) is 102 cm³/mol. The van der Waals surface area contributed by atoms with E-state index in [1.165, 1.54) is 11.1 Å². The highest BCUT2D eigenvalue weighted by Crippen LogP contribution is 2.25. The third-order valence-electron chi connectivity index (χ3n) is 4.63. The van der Waals surface area contributed by atoms with Crippen LogP contribution in [0.25, 0.3) is 11.4 Å². The van der Waals surface area contributed by atoms with Crippen LogP contribution in [0.3, 0.4) is 0 Å². The minimum atomic E-state index is 0.288. The summed E-state index contributed by atoms with van der Waals surface area (Å²) in [6.07, 6.45) is 1.99. The third kappa shape index (κ3) is 3.33. The van der Waals surface area contributed by atoms with Crippen LogP contribution in [0.4, 0.5) is 0 Å². The molecular formula is C21H22N4. The summed E-state index contributed by atoms with van der Waals surface area (Å²) >= 11 is 0. The number of nitrogens with zero attached hydrogens (tertiary/aromatic N) is 2. The molecule has 4 heteroatoms. The van der Waals surface area contributed by atoms with Gasteiger partial charge in [-0.05, 0) is 56.5 Å². The average molecular weight is 330 g/mol. The van der Waals surface area contributed by atoms with Crippen LogP contribution in [0, 0.1) is 13.8 Å². The highest BCUT2D eigenvalue weighted by molar-refractivity contribution is 5.99. The Balaban J connectivity index is 1.52. The largest absolute Gasteiger partial charge is 0.352 e. The number of nitrogens with one attached hydrogen (secondary N) is 2. The van der Waals surface area contributed by atoms with Crippen LogP contribution >= 0.6 is 0 Å².